The van der Waals surface area contributed by atoms with Gasteiger partial charge in [0.05, 0.1) is 18.4 Å². The number of pyridine rings is 1. The van der Waals surface area contributed by atoms with Gasteiger partial charge >= 0.3 is 0 Å². The quantitative estimate of drug-likeness (QED) is 0.879. The van der Waals surface area contributed by atoms with Crippen molar-refractivity contribution in [2.75, 3.05) is 12.4 Å². The van der Waals surface area contributed by atoms with Crippen LogP contribution in [0.1, 0.15) is 10.4 Å². The maximum atomic E-state index is 13.7. The summed E-state index contributed by atoms with van der Waals surface area (Å²) in [6.07, 6.45) is 1.49. The number of nitrogens with one attached hydrogen (secondary N) is 1. The molecule has 1 aromatic carbocycles. The van der Waals surface area contributed by atoms with E-state index >= 15 is 0 Å². The molecule has 1 heterocycles. The van der Waals surface area contributed by atoms with Crippen LogP contribution < -0.4 is 10.1 Å². The van der Waals surface area contributed by atoms with Crippen LogP contribution in [0.2, 0.25) is 5.15 Å². The standard InChI is InChI=1S/C13H10ClFN2O2/c1-19-8-4-5-9(10(15)7-8)13(18)17-11-3-2-6-16-12(11)14/h2-7H,1H3,(H,17,18). The lowest BCUT2D eigenvalue weighted by Gasteiger charge is -2.08. The monoisotopic (exact) mass is 280 g/mol. The van der Waals surface area contributed by atoms with Crippen LogP contribution >= 0.6 is 11.6 Å². The molecule has 0 radical (unpaired) electrons. The van der Waals surface area contributed by atoms with Crippen molar-refractivity contribution in [2.45, 2.75) is 0 Å². The number of amides is 1. The average Bonchev–Trinajstić information content (AvgIpc) is 2.41. The van der Waals surface area contributed by atoms with Crippen LogP contribution in [0, 0.1) is 5.82 Å². The lowest BCUT2D eigenvalue weighted by atomic mass is 10.2. The average molecular weight is 281 g/mol. The van der Waals surface area contributed by atoms with E-state index in [0.717, 1.165) is 6.07 Å². The number of hydrogen-bond acceptors (Lipinski definition) is 3. The summed E-state index contributed by atoms with van der Waals surface area (Å²) in [6.45, 7) is 0. The molecule has 0 bridgehead atoms. The predicted octanol–water partition coefficient (Wildman–Crippen LogP) is 3.14. The molecule has 0 unspecified atom stereocenters. The Hall–Kier alpha value is -2.14. The van der Waals surface area contributed by atoms with Gasteiger partial charge in [-0.15, -0.1) is 0 Å². The van der Waals surface area contributed by atoms with Crippen molar-refractivity contribution in [3.05, 3.63) is 53.1 Å². The molecule has 0 atom stereocenters. The third-order valence-electron chi connectivity index (χ3n) is 2.43. The Kier molecular flexibility index (Phi) is 3.97. The fourth-order valence-corrected chi connectivity index (χ4v) is 1.64. The van der Waals surface area contributed by atoms with E-state index in [0.29, 0.717) is 11.4 Å². The first-order valence-corrected chi connectivity index (χ1v) is 5.75. The zero-order valence-electron chi connectivity index (χ0n) is 9.98. The van der Waals surface area contributed by atoms with Gasteiger partial charge in [0.1, 0.15) is 11.6 Å². The van der Waals surface area contributed by atoms with Crippen LogP contribution in [0.3, 0.4) is 0 Å². The lowest BCUT2D eigenvalue weighted by Crippen LogP contribution is -2.14. The number of carbonyl (C=O) groups is 1. The molecule has 0 saturated heterocycles. The second kappa shape index (κ2) is 5.67. The zero-order valence-corrected chi connectivity index (χ0v) is 10.7. The number of halogens is 2. The lowest BCUT2D eigenvalue weighted by molar-refractivity contribution is 0.102. The van der Waals surface area contributed by atoms with E-state index < -0.39 is 11.7 Å². The van der Waals surface area contributed by atoms with Crippen molar-refractivity contribution in [3.8, 4) is 5.75 Å². The third kappa shape index (κ3) is 3.00. The van der Waals surface area contributed by atoms with Crippen LogP contribution in [-0.2, 0) is 0 Å². The van der Waals surface area contributed by atoms with Crippen molar-refractivity contribution in [1.29, 1.82) is 0 Å². The van der Waals surface area contributed by atoms with E-state index in [1.807, 2.05) is 0 Å². The number of carbonyl (C=O) groups excluding carboxylic acids is 1. The number of hydrogen-bond donors (Lipinski definition) is 1. The molecule has 19 heavy (non-hydrogen) atoms. The van der Waals surface area contributed by atoms with Gasteiger partial charge in [0.15, 0.2) is 5.15 Å². The molecule has 4 nitrogen and oxygen atoms in total. The molecular weight excluding hydrogens is 271 g/mol. The molecule has 6 heteroatoms. The van der Waals surface area contributed by atoms with Gasteiger partial charge in [-0.1, -0.05) is 11.6 Å². The van der Waals surface area contributed by atoms with E-state index in [9.17, 15) is 9.18 Å². The molecule has 0 fully saturated rings. The number of nitrogens with zero attached hydrogens (tertiary/aromatic N) is 1. The van der Waals surface area contributed by atoms with Gasteiger partial charge in [0, 0.05) is 12.3 Å². The first-order chi connectivity index (χ1) is 9.11. The van der Waals surface area contributed by atoms with Crippen LogP contribution in [0.4, 0.5) is 10.1 Å². The number of methoxy groups -OCH3 is 1. The summed E-state index contributed by atoms with van der Waals surface area (Å²) in [5.41, 5.74) is 0.227. The summed E-state index contributed by atoms with van der Waals surface area (Å²) >= 11 is 5.80. The SMILES string of the molecule is COc1ccc(C(=O)Nc2cccnc2Cl)c(F)c1. The van der Waals surface area contributed by atoms with Crippen LogP contribution in [0.25, 0.3) is 0 Å². The largest absolute Gasteiger partial charge is 0.497 e. The van der Waals surface area contributed by atoms with E-state index in [-0.39, 0.29) is 10.7 Å². The number of aromatic nitrogens is 1. The van der Waals surface area contributed by atoms with Gasteiger partial charge < -0.3 is 10.1 Å². The molecular formula is C13H10ClFN2O2. The van der Waals surface area contributed by atoms with Crippen molar-refractivity contribution in [3.63, 3.8) is 0 Å². The van der Waals surface area contributed by atoms with Gasteiger partial charge in [-0.3, -0.25) is 4.79 Å². The molecule has 2 aromatic rings. The van der Waals surface area contributed by atoms with Crippen LogP contribution in [-0.4, -0.2) is 18.0 Å². The highest BCUT2D eigenvalue weighted by molar-refractivity contribution is 6.32. The summed E-state index contributed by atoms with van der Waals surface area (Å²) in [7, 11) is 1.42. The number of rotatable bonds is 3. The highest BCUT2D eigenvalue weighted by atomic mass is 35.5. The highest BCUT2D eigenvalue weighted by Crippen LogP contribution is 2.21. The topological polar surface area (TPSA) is 51.2 Å². The minimum atomic E-state index is -0.670. The molecule has 98 valence electrons. The van der Waals surface area contributed by atoms with E-state index in [1.54, 1.807) is 12.1 Å². The predicted molar refractivity (Wildman–Crippen MR) is 70.2 cm³/mol. The molecule has 2 rings (SSSR count). The second-order valence-corrected chi connectivity index (χ2v) is 4.00. The Labute approximate surface area is 114 Å². The minimum Gasteiger partial charge on any atom is -0.497 e. The Morgan fingerprint density at radius 3 is 2.84 bits per heavy atom. The van der Waals surface area contributed by atoms with Crippen LogP contribution in [0.15, 0.2) is 36.5 Å². The minimum absolute atomic E-state index is 0.0966. The number of ether oxygens (including phenoxy) is 1. The summed E-state index contributed by atoms with van der Waals surface area (Å²) in [6, 6.07) is 7.18. The molecule has 0 aliphatic rings. The Morgan fingerprint density at radius 2 is 2.21 bits per heavy atom. The number of benzene rings is 1. The van der Waals surface area contributed by atoms with E-state index in [1.165, 1.54) is 25.4 Å². The molecule has 1 aromatic heterocycles. The summed E-state index contributed by atoms with van der Waals surface area (Å²) in [4.78, 5) is 15.7. The normalized spacial score (nSPS) is 10.1. The summed E-state index contributed by atoms with van der Waals surface area (Å²) in [5, 5.41) is 2.63. The molecule has 0 spiro atoms. The van der Waals surface area contributed by atoms with Crippen LogP contribution in [0.5, 0.6) is 5.75 Å². The third-order valence-corrected chi connectivity index (χ3v) is 2.73. The molecule has 0 aliphatic carbocycles. The van der Waals surface area contributed by atoms with Crippen molar-refractivity contribution < 1.29 is 13.9 Å². The maximum Gasteiger partial charge on any atom is 0.258 e. The Morgan fingerprint density at radius 1 is 1.42 bits per heavy atom. The Balaban J connectivity index is 2.23. The molecule has 0 aliphatic heterocycles. The molecule has 1 N–H and O–H groups in total. The fourth-order valence-electron chi connectivity index (χ4n) is 1.48. The fraction of sp³-hybridized carbons (Fsp3) is 0.0769. The molecule has 1 amide bonds. The second-order valence-electron chi connectivity index (χ2n) is 3.64. The zero-order chi connectivity index (χ0) is 13.8. The number of anilines is 1. The summed E-state index contributed by atoms with van der Waals surface area (Å²) < 4.78 is 18.6. The van der Waals surface area contributed by atoms with Crippen molar-refractivity contribution in [2.24, 2.45) is 0 Å². The van der Waals surface area contributed by atoms with Gasteiger partial charge in [0.2, 0.25) is 0 Å². The maximum absolute atomic E-state index is 13.7. The van der Waals surface area contributed by atoms with Crippen molar-refractivity contribution >= 4 is 23.2 Å². The smallest absolute Gasteiger partial charge is 0.258 e. The molecule has 0 saturated carbocycles. The van der Waals surface area contributed by atoms with E-state index in [4.69, 9.17) is 16.3 Å². The van der Waals surface area contributed by atoms with Gasteiger partial charge in [-0.2, -0.15) is 0 Å². The van der Waals surface area contributed by atoms with E-state index in [2.05, 4.69) is 10.3 Å². The summed E-state index contributed by atoms with van der Waals surface area (Å²) in [5.74, 6) is -0.930. The van der Waals surface area contributed by atoms with Crippen molar-refractivity contribution in [1.82, 2.24) is 4.98 Å². The van der Waals surface area contributed by atoms with Gasteiger partial charge in [-0.05, 0) is 24.3 Å². The first kappa shape index (κ1) is 13.3. The highest BCUT2D eigenvalue weighted by Gasteiger charge is 2.14. The van der Waals surface area contributed by atoms with Gasteiger partial charge in [0.25, 0.3) is 5.91 Å². The first-order valence-electron chi connectivity index (χ1n) is 5.37. The van der Waals surface area contributed by atoms with Gasteiger partial charge in [-0.25, -0.2) is 9.37 Å². The Bertz CT molecular complexity index is 619.